The molecule has 0 aliphatic carbocycles. The highest BCUT2D eigenvalue weighted by atomic mass is 35.5. The number of piperidine rings is 1. The zero-order valence-corrected chi connectivity index (χ0v) is 10.5. The fourth-order valence-electron chi connectivity index (χ4n) is 2.58. The zero-order chi connectivity index (χ0) is 10.3. The number of nitrogens with one attached hydrogen (secondary N) is 1. The van der Waals surface area contributed by atoms with Crippen LogP contribution in [0.3, 0.4) is 0 Å². The standard InChI is InChI=1S/C12H14ClNO.ClH/c13-10-3-1-4-11-9(10)7-12(15-11)5-2-6-14-8-12;/h1,3-4,14H,2,5-8H2;1H. The van der Waals surface area contributed by atoms with Gasteiger partial charge in [-0.25, -0.2) is 0 Å². The largest absolute Gasteiger partial charge is 0.485 e. The quantitative estimate of drug-likeness (QED) is 0.774. The van der Waals surface area contributed by atoms with Crippen LogP contribution in [0.15, 0.2) is 18.2 Å². The molecule has 1 atom stereocenters. The Bertz CT molecular complexity index is 389. The van der Waals surface area contributed by atoms with Crippen LogP contribution in [0.5, 0.6) is 5.75 Å². The maximum absolute atomic E-state index is 6.17. The summed E-state index contributed by atoms with van der Waals surface area (Å²) in [5, 5.41) is 4.25. The van der Waals surface area contributed by atoms with Crippen molar-refractivity contribution < 1.29 is 4.74 Å². The number of fused-ring (bicyclic) bond motifs is 1. The normalized spacial score (nSPS) is 27.1. The number of benzene rings is 1. The lowest BCUT2D eigenvalue weighted by atomic mass is 9.89. The summed E-state index contributed by atoms with van der Waals surface area (Å²) in [4.78, 5) is 0. The monoisotopic (exact) mass is 259 g/mol. The molecule has 0 radical (unpaired) electrons. The van der Waals surface area contributed by atoms with E-state index in [0.29, 0.717) is 0 Å². The SMILES string of the molecule is Cl.Clc1cccc2c1CC1(CCCNC1)O2. The maximum atomic E-state index is 6.17. The van der Waals surface area contributed by atoms with Crippen molar-refractivity contribution in [2.45, 2.75) is 24.9 Å². The van der Waals surface area contributed by atoms with Crippen molar-refractivity contribution in [3.63, 3.8) is 0 Å². The van der Waals surface area contributed by atoms with Crippen LogP contribution in [0.25, 0.3) is 0 Å². The highest BCUT2D eigenvalue weighted by Gasteiger charge is 2.41. The Kier molecular flexibility index (Phi) is 3.34. The number of halogens is 2. The lowest BCUT2D eigenvalue weighted by molar-refractivity contribution is 0.0660. The maximum Gasteiger partial charge on any atom is 0.126 e. The predicted molar refractivity (Wildman–Crippen MR) is 67.9 cm³/mol. The molecule has 3 rings (SSSR count). The summed E-state index contributed by atoms with van der Waals surface area (Å²) in [5.74, 6) is 0.978. The van der Waals surface area contributed by atoms with Gasteiger partial charge < -0.3 is 10.1 Å². The van der Waals surface area contributed by atoms with Crippen molar-refractivity contribution >= 4 is 24.0 Å². The van der Waals surface area contributed by atoms with Gasteiger partial charge in [0, 0.05) is 23.6 Å². The van der Waals surface area contributed by atoms with E-state index < -0.39 is 0 Å². The van der Waals surface area contributed by atoms with Crippen LogP contribution < -0.4 is 10.1 Å². The molecule has 2 nitrogen and oxygen atoms in total. The molecule has 1 unspecified atom stereocenters. The number of hydrogen-bond acceptors (Lipinski definition) is 2. The van der Waals surface area contributed by atoms with Gasteiger partial charge in [0.05, 0.1) is 0 Å². The Morgan fingerprint density at radius 1 is 1.38 bits per heavy atom. The van der Waals surface area contributed by atoms with E-state index in [1.807, 2.05) is 18.2 Å². The molecular weight excluding hydrogens is 245 g/mol. The Morgan fingerprint density at radius 2 is 2.25 bits per heavy atom. The van der Waals surface area contributed by atoms with Gasteiger partial charge in [-0.15, -0.1) is 12.4 Å². The topological polar surface area (TPSA) is 21.3 Å². The molecule has 0 amide bonds. The minimum atomic E-state index is -0.0222. The lowest BCUT2D eigenvalue weighted by Crippen LogP contribution is -2.49. The van der Waals surface area contributed by atoms with E-state index in [2.05, 4.69) is 5.32 Å². The van der Waals surface area contributed by atoms with E-state index in [1.165, 1.54) is 12.0 Å². The molecule has 0 bridgehead atoms. The third-order valence-electron chi connectivity index (χ3n) is 3.33. The molecule has 2 aliphatic rings. The molecule has 0 saturated carbocycles. The van der Waals surface area contributed by atoms with Crippen molar-refractivity contribution in [1.29, 1.82) is 0 Å². The van der Waals surface area contributed by atoms with Crippen LogP contribution in [0, 0.1) is 0 Å². The molecule has 16 heavy (non-hydrogen) atoms. The molecule has 1 aromatic carbocycles. The minimum absolute atomic E-state index is 0. The minimum Gasteiger partial charge on any atom is -0.485 e. The molecule has 1 aromatic rings. The summed E-state index contributed by atoms with van der Waals surface area (Å²) in [6, 6.07) is 5.92. The number of rotatable bonds is 0. The average Bonchev–Trinajstić information content (AvgIpc) is 2.59. The first-order valence-electron chi connectivity index (χ1n) is 5.46. The molecule has 2 aliphatic heterocycles. The summed E-state index contributed by atoms with van der Waals surface area (Å²) in [7, 11) is 0. The van der Waals surface area contributed by atoms with E-state index in [-0.39, 0.29) is 18.0 Å². The van der Waals surface area contributed by atoms with Gasteiger partial charge in [-0.3, -0.25) is 0 Å². The Labute approximate surface area is 107 Å². The van der Waals surface area contributed by atoms with E-state index in [9.17, 15) is 0 Å². The van der Waals surface area contributed by atoms with Crippen molar-refractivity contribution in [3.8, 4) is 5.75 Å². The number of ether oxygens (including phenoxy) is 1. The van der Waals surface area contributed by atoms with Crippen molar-refractivity contribution in [1.82, 2.24) is 5.32 Å². The smallest absolute Gasteiger partial charge is 0.126 e. The summed E-state index contributed by atoms with van der Waals surface area (Å²) in [6.45, 7) is 2.05. The second-order valence-corrected chi connectivity index (χ2v) is 4.87. The van der Waals surface area contributed by atoms with E-state index in [0.717, 1.165) is 36.7 Å². The predicted octanol–water partition coefficient (Wildman–Crippen LogP) is 2.82. The highest BCUT2D eigenvalue weighted by molar-refractivity contribution is 6.31. The van der Waals surface area contributed by atoms with Crippen LogP contribution in [0.4, 0.5) is 0 Å². The van der Waals surface area contributed by atoms with Crippen LogP contribution >= 0.6 is 24.0 Å². The average molecular weight is 260 g/mol. The van der Waals surface area contributed by atoms with Gasteiger partial charge in [-0.1, -0.05) is 17.7 Å². The van der Waals surface area contributed by atoms with Gasteiger partial charge >= 0.3 is 0 Å². The van der Waals surface area contributed by atoms with Crippen molar-refractivity contribution in [2.24, 2.45) is 0 Å². The fourth-order valence-corrected chi connectivity index (χ4v) is 2.81. The van der Waals surface area contributed by atoms with Gasteiger partial charge in [0.2, 0.25) is 0 Å². The Morgan fingerprint density at radius 3 is 2.94 bits per heavy atom. The number of hydrogen-bond donors (Lipinski definition) is 1. The van der Waals surface area contributed by atoms with E-state index >= 15 is 0 Å². The molecule has 1 spiro atoms. The summed E-state index contributed by atoms with van der Waals surface area (Å²) < 4.78 is 6.07. The van der Waals surface area contributed by atoms with Gasteiger partial charge in [-0.05, 0) is 31.5 Å². The molecule has 1 fully saturated rings. The van der Waals surface area contributed by atoms with E-state index in [1.54, 1.807) is 0 Å². The van der Waals surface area contributed by atoms with Crippen molar-refractivity contribution in [2.75, 3.05) is 13.1 Å². The first-order valence-corrected chi connectivity index (χ1v) is 5.84. The van der Waals surface area contributed by atoms with Crippen molar-refractivity contribution in [3.05, 3.63) is 28.8 Å². The molecule has 88 valence electrons. The third-order valence-corrected chi connectivity index (χ3v) is 3.69. The first-order chi connectivity index (χ1) is 7.29. The molecule has 4 heteroatoms. The van der Waals surface area contributed by atoms with Gasteiger partial charge in [0.1, 0.15) is 11.4 Å². The Balaban J connectivity index is 0.000000963. The molecule has 1 N–H and O–H groups in total. The summed E-state index contributed by atoms with van der Waals surface area (Å²) >= 11 is 6.17. The van der Waals surface area contributed by atoms with Gasteiger partial charge in [0.15, 0.2) is 0 Å². The van der Waals surface area contributed by atoms with Crippen LogP contribution in [0.2, 0.25) is 5.02 Å². The molecular formula is C12H15Cl2NO. The third kappa shape index (κ3) is 1.90. The highest BCUT2D eigenvalue weighted by Crippen LogP contribution is 2.41. The zero-order valence-electron chi connectivity index (χ0n) is 8.96. The Hall–Kier alpha value is -0.440. The van der Waals surface area contributed by atoms with Crippen LogP contribution in [0.1, 0.15) is 18.4 Å². The van der Waals surface area contributed by atoms with Gasteiger partial charge in [0.25, 0.3) is 0 Å². The van der Waals surface area contributed by atoms with E-state index in [4.69, 9.17) is 16.3 Å². The van der Waals surface area contributed by atoms with Gasteiger partial charge in [-0.2, -0.15) is 0 Å². The van der Waals surface area contributed by atoms with Crippen LogP contribution in [-0.2, 0) is 6.42 Å². The molecule has 0 aromatic heterocycles. The summed E-state index contributed by atoms with van der Waals surface area (Å²) in [6.07, 6.45) is 3.27. The second-order valence-electron chi connectivity index (χ2n) is 4.46. The molecule has 2 heterocycles. The lowest BCUT2D eigenvalue weighted by Gasteiger charge is -2.33. The summed E-state index contributed by atoms with van der Waals surface area (Å²) in [5.41, 5.74) is 1.16. The van der Waals surface area contributed by atoms with Crippen LogP contribution in [-0.4, -0.2) is 18.7 Å². The first kappa shape index (κ1) is 12.0. The fraction of sp³-hybridized carbons (Fsp3) is 0.500. The second kappa shape index (κ2) is 4.44. The molecule has 1 saturated heterocycles.